The molecule has 1 aliphatic rings. The van der Waals surface area contributed by atoms with Gasteiger partial charge in [0.25, 0.3) is 11.6 Å². The lowest BCUT2D eigenvalue weighted by atomic mass is 10.1. The lowest BCUT2D eigenvalue weighted by molar-refractivity contribution is -0.384. The molecule has 0 aliphatic heterocycles. The largest absolute Gasteiger partial charge is 0.465 e. The number of amides is 1. The number of ether oxygens (including phenoxy) is 2. The summed E-state index contributed by atoms with van der Waals surface area (Å²) in [4.78, 5) is 48.1. The first-order valence-corrected chi connectivity index (χ1v) is 8.18. The molecule has 0 unspecified atom stereocenters. The second-order valence-corrected chi connectivity index (χ2v) is 5.95. The maximum atomic E-state index is 12.8. The van der Waals surface area contributed by atoms with Gasteiger partial charge in [-0.3, -0.25) is 19.7 Å². The van der Waals surface area contributed by atoms with Crippen molar-refractivity contribution in [1.82, 2.24) is 4.90 Å². The van der Waals surface area contributed by atoms with Crippen LogP contribution in [0, 0.1) is 16.0 Å². The van der Waals surface area contributed by atoms with Gasteiger partial charge in [-0.15, -0.1) is 0 Å². The molecule has 1 amide bonds. The first kappa shape index (κ1) is 19.4. The van der Waals surface area contributed by atoms with Crippen molar-refractivity contribution in [3.05, 3.63) is 39.4 Å². The average Bonchev–Trinajstić information content (AvgIpc) is 3.43. The van der Waals surface area contributed by atoms with E-state index in [1.54, 1.807) is 6.92 Å². The Bertz CT molecular complexity index is 728. The van der Waals surface area contributed by atoms with Crippen molar-refractivity contribution in [2.24, 2.45) is 5.92 Å². The zero-order chi connectivity index (χ0) is 19.3. The van der Waals surface area contributed by atoms with Gasteiger partial charge < -0.3 is 14.4 Å². The molecule has 0 heterocycles. The summed E-state index contributed by atoms with van der Waals surface area (Å²) in [6, 6.07) is 3.35. The smallest absolute Gasteiger partial charge is 0.338 e. The third kappa shape index (κ3) is 5.01. The fourth-order valence-corrected chi connectivity index (χ4v) is 2.45. The molecule has 0 N–H and O–H groups in total. The summed E-state index contributed by atoms with van der Waals surface area (Å²) in [5, 5.41) is 11.1. The summed E-state index contributed by atoms with van der Waals surface area (Å²) in [6.45, 7) is 1.95. The van der Waals surface area contributed by atoms with Crippen LogP contribution in [0.2, 0.25) is 0 Å². The predicted molar refractivity (Wildman–Crippen MR) is 89.7 cm³/mol. The second kappa shape index (κ2) is 8.41. The average molecular weight is 364 g/mol. The predicted octanol–water partition coefficient (Wildman–Crippen LogP) is 1.80. The molecule has 1 aromatic carbocycles. The van der Waals surface area contributed by atoms with Gasteiger partial charge in [0.15, 0.2) is 0 Å². The van der Waals surface area contributed by atoms with Crippen LogP contribution in [0.25, 0.3) is 0 Å². The SMILES string of the molecule is CCOC(=O)CN(CC1CC1)C(=O)c1cc(C(=O)OC)cc([N+](=O)[O-])c1. The van der Waals surface area contributed by atoms with E-state index in [0.29, 0.717) is 12.5 Å². The van der Waals surface area contributed by atoms with Crippen LogP contribution in [0.15, 0.2) is 18.2 Å². The summed E-state index contributed by atoms with van der Waals surface area (Å²) >= 11 is 0. The van der Waals surface area contributed by atoms with Gasteiger partial charge in [-0.05, 0) is 31.7 Å². The molecule has 9 heteroatoms. The Morgan fingerprint density at radius 3 is 2.42 bits per heavy atom. The second-order valence-electron chi connectivity index (χ2n) is 5.95. The van der Waals surface area contributed by atoms with Gasteiger partial charge >= 0.3 is 11.9 Å². The minimum absolute atomic E-state index is 0.0513. The van der Waals surface area contributed by atoms with Gasteiger partial charge in [0.05, 0.1) is 24.2 Å². The van der Waals surface area contributed by atoms with Crippen LogP contribution in [-0.2, 0) is 14.3 Å². The molecule has 0 aromatic heterocycles. The number of carbonyl (C=O) groups is 3. The zero-order valence-electron chi connectivity index (χ0n) is 14.6. The molecule has 1 saturated carbocycles. The number of rotatable bonds is 8. The van der Waals surface area contributed by atoms with E-state index in [0.717, 1.165) is 32.1 Å². The molecule has 140 valence electrons. The highest BCUT2D eigenvalue weighted by atomic mass is 16.6. The summed E-state index contributed by atoms with van der Waals surface area (Å²) in [5.41, 5.74) is -0.559. The quantitative estimate of drug-likeness (QED) is 0.392. The van der Waals surface area contributed by atoms with E-state index < -0.39 is 28.5 Å². The van der Waals surface area contributed by atoms with Gasteiger partial charge in [-0.1, -0.05) is 0 Å². The number of methoxy groups -OCH3 is 1. The summed E-state index contributed by atoms with van der Waals surface area (Å²) in [7, 11) is 1.14. The molecular formula is C17H20N2O7. The van der Waals surface area contributed by atoms with Crippen LogP contribution in [0.3, 0.4) is 0 Å². The van der Waals surface area contributed by atoms with Crippen molar-refractivity contribution >= 4 is 23.5 Å². The topological polar surface area (TPSA) is 116 Å². The van der Waals surface area contributed by atoms with Crippen LogP contribution < -0.4 is 0 Å². The Balaban J connectivity index is 2.33. The van der Waals surface area contributed by atoms with Crippen LogP contribution in [0.5, 0.6) is 0 Å². The molecule has 9 nitrogen and oxygen atoms in total. The number of carbonyl (C=O) groups excluding carboxylic acids is 3. The van der Waals surface area contributed by atoms with Gasteiger partial charge in [-0.2, -0.15) is 0 Å². The molecular weight excluding hydrogens is 344 g/mol. The summed E-state index contributed by atoms with van der Waals surface area (Å²) in [6.07, 6.45) is 1.91. The van der Waals surface area contributed by atoms with Crippen LogP contribution in [0.1, 0.15) is 40.5 Å². The number of nitrogens with zero attached hydrogens (tertiary/aromatic N) is 2. The van der Waals surface area contributed by atoms with Crippen LogP contribution in [0.4, 0.5) is 5.69 Å². The maximum absolute atomic E-state index is 12.8. The number of benzene rings is 1. The number of nitro groups is 1. The number of hydrogen-bond acceptors (Lipinski definition) is 7. The fraction of sp³-hybridized carbons (Fsp3) is 0.471. The molecule has 0 atom stereocenters. The molecule has 1 aliphatic carbocycles. The van der Waals surface area contributed by atoms with Crippen molar-refractivity contribution < 1.29 is 28.8 Å². The monoisotopic (exact) mass is 364 g/mol. The van der Waals surface area contributed by atoms with Crippen molar-refractivity contribution in [1.29, 1.82) is 0 Å². The molecule has 2 rings (SSSR count). The number of non-ortho nitro benzene ring substituents is 1. The molecule has 0 spiro atoms. The van der Waals surface area contributed by atoms with Crippen molar-refractivity contribution in [2.75, 3.05) is 26.8 Å². The molecule has 26 heavy (non-hydrogen) atoms. The van der Waals surface area contributed by atoms with E-state index in [4.69, 9.17) is 4.74 Å². The molecule has 1 fully saturated rings. The highest BCUT2D eigenvalue weighted by Gasteiger charge is 2.30. The zero-order valence-corrected chi connectivity index (χ0v) is 14.6. The number of nitro benzene ring substituents is 1. The summed E-state index contributed by atoms with van der Waals surface area (Å²) < 4.78 is 9.46. The van der Waals surface area contributed by atoms with Crippen LogP contribution in [-0.4, -0.2) is 54.5 Å². The maximum Gasteiger partial charge on any atom is 0.338 e. The normalized spacial score (nSPS) is 13.0. The molecule has 0 bridgehead atoms. The van der Waals surface area contributed by atoms with E-state index in [1.807, 2.05) is 0 Å². The Morgan fingerprint density at radius 1 is 1.23 bits per heavy atom. The molecule has 0 radical (unpaired) electrons. The van der Waals surface area contributed by atoms with E-state index in [-0.39, 0.29) is 24.3 Å². The third-order valence-corrected chi connectivity index (χ3v) is 3.88. The van der Waals surface area contributed by atoms with Gasteiger partial charge in [-0.25, -0.2) is 4.79 Å². The van der Waals surface area contributed by atoms with Crippen LogP contribution >= 0.6 is 0 Å². The first-order chi connectivity index (χ1) is 12.3. The molecule has 1 aromatic rings. The van der Waals surface area contributed by atoms with Crippen molar-refractivity contribution in [3.8, 4) is 0 Å². The lowest BCUT2D eigenvalue weighted by Crippen LogP contribution is -2.38. The fourth-order valence-electron chi connectivity index (χ4n) is 2.45. The Kier molecular flexibility index (Phi) is 6.26. The first-order valence-electron chi connectivity index (χ1n) is 8.18. The summed E-state index contributed by atoms with van der Waals surface area (Å²) in [5.74, 6) is -1.62. The lowest BCUT2D eigenvalue weighted by Gasteiger charge is -2.21. The standard InChI is InChI=1S/C17H20N2O7/c1-3-26-15(20)10-18(9-11-4-5-11)16(21)12-6-13(17(22)25-2)8-14(7-12)19(23)24/h6-8,11H,3-5,9-10H2,1-2H3. The van der Waals surface area contributed by atoms with E-state index >= 15 is 0 Å². The van der Waals surface area contributed by atoms with Gasteiger partial charge in [0, 0.05) is 24.2 Å². The van der Waals surface area contributed by atoms with Gasteiger partial charge in [0.1, 0.15) is 6.54 Å². The number of hydrogen-bond donors (Lipinski definition) is 0. The number of esters is 2. The Hall–Kier alpha value is -2.97. The van der Waals surface area contributed by atoms with Crippen molar-refractivity contribution in [2.45, 2.75) is 19.8 Å². The Labute approximate surface area is 150 Å². The van der Waals surface area contributed by atoms with Crippen molar-refractivity contribution in [3.63, 3.8) is 0 Å². The van der Waals surface area contributed by atoms with Gasteiger partial charge in [0.2, 0.25) is 0 Å². The third-order valence-electron chi connectivity index (χ3n) is 3.88. The Morgan fingerprint density at radius 2 is 1.88 bits per heavy atom. The minimum atomic E-state index is -0.790. The van der Waals surface area contributed by atoms with E-state index in [2.05, 4.69) is 4.74 Å². The minimum Gasteiger partial charge on any atom is -0.465 e. The van der Waals surface area contributed by atoms with E-state index in [9.17, 15) is 24.5 Å². The van der Waals surface area contributed by atoms with E-state index in [1.165, 1.54) is 11.0 Å². The highest BCUT2D eigenvalue weighted by molar-refractivity contribution is 6.00. The highest BCUT2D eigenvalue weighted by Crippen LogP contribution is 2.30. The molecule has 0 saturated heterocycles.